The second kappa shape index (κ2) is 5.65. The molecule has 20 heavy (non-hydrogen) atoms. The molecular formula is C17H19NO2. The van der Waals surface area contributed by atoms with Gasteiger partial charge >= 0.3 is 0 Å². The number of nitrogens with two attached hydrogens (primary N) is 1. The lowest BCUT2D eigenvalue weighted by atomic mass is 9.97. The van der Waals surface area contributed by atoms with Crippen molar-refractivity contribution < 1.29 is 9.84 Å². The number of aliphatic hydroxyl groups is 1. The van der Waals surface area contributed by atoms with E-state index in [1.165, 1.54) is 5.56 Å². The zero-order valence-electron chi connectivity index (χ0n) is 11.4. The van der Waals surface area contributed by atoms with Crippen molar-refractivity contribution in [1.29, 1.82) is 0 Å². The zero-order valence-corrected chi connectivity index (χ0v) is 11.4. The van der Waals surface area contributed by atoms with Gasteiger partial charge in [-0.25, -0.2) is 0 Å². The molecule has 0 bridgehead atoms. The summed E-state index contributed by atoms with van der Waals surface area (Å²) in [6.07, 6.45) is 1.15. The average molecular weight is 269 g/mol. The molecule has 3 N–H and O–H groups in total. The van der Waals surface area contributed by atoms with E-state index in [1.54, 1.807) is 0 Å². The van der Waals surface area contributed by atoms with Gasteiger partial charge in [-0.3, -0.25) is 0 Å². The van der Waals surface area contributed by atoms with E-state index >= 15 is 0 Å². The molecule has 2 aromatic rings. The Morgan fingerprint density at radius 3 is 2.85 bits per heavy atom. The summed E-state index contributed by atoms with van der Waals surface area (Å²) in [4.78, 5) is 0. The normalized spacial score (nSPS) is 14.7. The Morgan fingerprint density at radius 1 is 1.15 bits per heavy atom. The minimum absolute atomic E-state index is 0.598. The van der Waals surface area contributed by atoms with Crippen molar-refractivity contribution in [3.8, 4) is 5.75 Å². The summed E-state index contributed by atoms with van der Waals surface area (Å²) in [5.41, 5.74) is 9.75. The van der Waals surface area contributed by atoms with E-state index in [-0.39, 0.29) is 0 Å². The SMILES string of the molecule is NCCc1cccc(C(O)c2ccc3c(c2)CCO3)c1. The molecule has 0 aromatic heterocycles. The fraction of sp³-hybridized carbons (Fsp3) is 0.294. The van der Waals surface area contributed by atoms with Crippen molar-refractivity contribution in [1.82, 2.24) is 0 Å². The lowest BCUT2D eigenvalue weighted by Gasteiger charge is -2.14. The number of hydrogen-bond acceptors (Lipinski definition) is 3. The summed E-state index contributed by atoms with van der Waals surface area (Å²) in [5, 5.41) is 10.5. The van der Waals surface area contributed by atoms with Crippen LogP contribution in [0.2, 0.25) is 0 Å². The maximum Gasteiger partial charge on any atom is 0.122 e. The molecule has 3 heteroatoms. The minimum atomic E-state index is -0.598. The molecule has 0 spiro atoms. The van der Waals surface area contributed by atoms with Gasteiger partial charge in [0.05, 0.1) is 6.61 Å². The van der Waals surface area contributed by atoms with Crippen LogP contribution >= 0.6 is 0 Å². The summed E-state index contributed by atoms with van der Waals surface area (Å²) in [6, 6.07) is 13.9. The quantitative estimate of drug-likeness (QED) is 0.894. The first kappa shape index (κ1) is 13.2. The lowest BCUT2D eigenvalue weighted by Crippen LogP contribution is -2.05. The van der Waals surface area contributed by atoms with Crippen molar-refractivity contribution in [2.24, 2.45) is 5.73 Å². The van der Waals surface area contributed by atoms with Gasteiger partial charge < -0.3 is 15.6 Å². The molecule has 1 aliphatic heterocycles. The molecule has 1 aliphatic rings. The van der Waals surface area contributed by atoms with Crippen molar-refractivity contribution in [2.75, 3.05) is 13.2 Å². The van der Waals surface area contributed by atoms with Crippen molar-refractivity contribution >= 4 is 0 Å². The van der Waals surface area contributed by atoms with Gasteiger partial charge in [0.1, 0.15) is 11.9 Å². The summed E-state index contributed by atoms with van der Waals surface area (Å²) in [6.45, 7) is 1.36. The molecule has 3 rings (SSSR count). The fourth-order valence-corrected chi connectivity index (χ4v) is 2.65. The molecular weight excluding hydrogens is 250 g/mol. The molecule has 0 fully saturated rings. The van der Waals surface area contributed by atoms with Crippen LogP contribution < -0.4 is 10.5 Å². The summed E-state index contributed by atoms with van der Waals surface area (Å²) >= 11 is 0. The largest absolute Gasteiger partial charge is 0.493 e. The molecule has 0 saturated heterocycles. The van der Waals surface area contributed by atoms with Crippen LogP contribution in [0.3, 0.4) is 0 Å². The molecule has 0 amide bonds. The van der Waals surface area contributed by atoms with E-state index in [1.807, 2.05) is 42.5 Å². The van der Waals surface area contributed by atoms with E-state index in [0.717, 1.165) is 41.9 Å². The van der Waals surface area contributed by atoms with Crippen LogP contribution in [0, 0.1) is 0 Å². The number of hydrogen-bond donors (Lipinski definition) is 2. The van der Waals surface area contributed by atoms with Gasteiger partial charge in [-0.05, 0) is 47.4 Å². The number of aliphatic hydroxyl groups excluding tert-OH is 1. The van der Waals surface area contributed by atoms with Crippen molar-refractivity contribution in [3.63, 3.8) is 0 Å². The Balaban J connectivity index is 1.88. The van der Waals surface area contributed by atoms with Crippen LogP contribution in [0.4, 0.5) is 0 Å². The van der Waals surface area contributed by atoms with Crippen LogP contribution in [0.1, 0.15) is 28.4 Å². The van der Waals surface area contributed by atoms with Gasteiger partial charge in [-0.15, -0.1) is 0 Å². The highest BCUT2D eigenvalue weighted by Crippen LogP contribution is 2.30. The van der Waals surface area contributed by atoms with Crippen LogP contribution in [-0.2, 0) is 12.8 Å². The average Bonchev–Trinajstić information content (AvgIpc) is 2.94. The maximum absolute atomic E-state index is 10.5. The number of fused-ring (bicyclic) bond motifs is 1. The van der Waals surface area contributed by atoms with Crippen molar-refractivity contribution in [3.05, 3.63) is 64.7 Å². The first-order valence-electron chi connectivity index (χ1n) is 7.00. The third-order valence-corrected chi connectivity index (χ3v) is 3.73. The fourth-order valence-electron chi connectivity index (χ4n) is 2.65. The highest BCUT2D eigenvalue weighted by molar-refractivity contribution is 5.43. The predicted octanol–water partition coefficient (Wildman–Crippen LogP) is 2.20. The Kier molecular flexibility index (Phi) is 3.72. The van der Waals surface area contributed by atoms with Gasteiger partial charge in [0, 0.05) is 6.42 Å². The standard InChI is InChI=1S/C17H19NO2/c18-8-6-12-2-1-3-14(10-12)17(19)15-4-5-16-13(11-15)7-9-20-16/h1-5,10-11,17,19H,6-9,18H2. The molecule has 1 heterocycles. The van der Waals surface area contributed by atoms with E-state index in [9.17, 15) is 5.11 Å². The first-order valence-corrected chi connectivity index (χ1v) is 7.00. The number of rotatable bonds is 4. The molecule has 0 aliphatic carbocycles. The van der Waals surface area contributed by atoms with E-state index in [4.69, 9.17) is 10.5 Å². The molecule has 104 valence electrons. The molecule has 0 radical (unpaired) electrons. The van der Waals surface area contributed by atoms with E-state index in [0.29, 0.717) is 6.54 Å². The monoisotopic (exact) mass is 269 g/mol. The maximum atomic E-state index is 10.5. The van der Waals surface area contributed by atoms with Crippen LogP contribution in [0.25, 0.3) is 0 Å². The second-order valence-electron chi connectivity index (χ2n) is 5.15. The smallest absolute Gasteiger partial charge is 0.122 e. The van der Waals surface area contributed by atoms with Gasteiger partial charge in [0.2, 0.25) is 0 Å². The lowest BCUT2D eigenvalue weighted by molar-refractivity contribution is 0.220. The molecule has 0 saturated carbocycles. The third-order valence-electron chi connectivity index (χ3n) is 3.73. The molecule has 1 atom stereocenters. The minimum Gasteiger partial charge on any atom is -0.493 e. The first-order chi connectivity index (χ1) is 9.78. The van der Waals surface area contributed by atoms with Crippen LogP contribution in [-0.4, -0.2) is 18.3 Å². The predicted molar refractivity (Wildman–Crippen MR) is 78.9 cm³/mol. The number of benzene rings is 2. The topological polar surface area (TPSA) is 55.5 Å². The van der Waals surface area contributed by atoms with Crippen molar-refractivity contribution in [2.45, 2.75) is 18.9 Å². The number of ether oxygens (including phenoxy) is 1. The summed E-state index contributed by atoms with van der Waals surface area (Å²) in [5.74, 6) is 0.942. The van der Waals surface area contributed by atoms with Crippen LogP contribution in [0.5, 0.6) is 5.75 Å². The molecule has 1 unspecified atom stereocenters. The van der Waals surface area contributed by atoms with Crippen LogP contribution in [0.15, 0.2) is 42.5 Å². The Bertz CT molecular complexity index is 610. The summed E-state index contributed by atoms with van der Waals surface area (Å²) < 4.78 is 5.49. The Morgan fingerprint density at radius 2 is 2.00 bits per heavy atom. The summed E-state index contributed by atoms with van der Waals surface area (Å²) in [7, 11) is 0. The van der Waals surface area contributed by atoms with Gasteiger partial charge in [0.15, 0.2) is 0 Å². The van der Waals surface area contributed by atoms with Gasteiger partial charge in [-0.2, -0.15) is 0 Å². The van der Waals surface area contributed by atoms with E-state index in [2.05, 4.69) is 0 Å². The Labute approximate surface area is 119 Å². The van der Waals surface area contributed by atoms with Gasteiger partial charge in [-0.1, -0.05) is 30.3 Å². The highest BCUT2D eigenvalue weighted by Gasteiger charge is 2.16. The second-order valence-corrected chi connectivity index (χ2v) is 5.15. The van der Waals surface area contributed by atoms with E-state index < -0.39 is 6.10 Å². The highest BCUT2D eigenvalue weighted by atomic mass is 16.5. The molecule has 2 aromatic carbocycles. The Hall–Kier alpha value is -1.84. The third kappa shape index (κ3) is 2.55. The molecule has 3 nitrogen and oxygen atoms in total. The van der Waals surface area contributed by atoms with Gasteiger partial charge in [0.25, 0.3) is 0 Å². The zero-order chi connectivity index (χ0) is 13.9.